The van der Waals surface area contributed by atoms with Crippen LogP contribution in [0.3, 0.4) is 0 Å². The van der Waals surface area contributed by atoms with E-state index in [1.807, 2.05) is 30.6 Å². The van der Waals surface area contributed by atoms with Crippen LogP contribution in [0, 0.1) is 0 Å². The van der Waals surface area contributed by atoms with Crippen LogP contribution in [-0.2, 0) is 0 Å². The van der Waals surface area contributed by atoms with Gasteiger partial charge in [-0.15, -0.1) is 0 Å². The van der Waals surface area contributed by atoms with Crippen molar-refractivity contribution in [2.24, 2.45) is 0 Å². The summed E-state index contributed by atoms with van der Waals surface area (Å²) in [5.41, 5.74) is 10.2. The van der Waals surface area contributed by atoms with Gasteiger partial charge in [-0.05, 0) is 70.4 Å². The summed E-state index contributed by atoms with van der Waals surface area (Å²) in [5.74, 6) is 0.944. The van der Waals surface area contributed by atoms with Crippen molar-refractivity contribution in [3.63, 3.8) is 0 Å². The van der Waals surface area contributed by atoms with Crippen LogP contribution in [0.15, 0.2) is 146 Å². The Labute approximate surface area is 242 Å². The van der Waals surface area contributed by atoms with E-state index in [0.29, 0.717) is 0 Å². The fourth-order valence-corrected chi connectivity index (χ4v) is 6.56. The number of nitrogens with zero attached hydrogens (tertiary/aromatic N) is 4. The molecule has 0 saturated heterocycles. The molecule has 3 aromatic heterocycles. The van der Waals surface area contributed by atoms with Gasteiger partial charge >= 0.3 is 0 Å². The van der Waals surface area contributed by atoms with E-state index >= 15 is 0 Å². The van der Waals surface area contributed by atoms with Crippen LogP contribution in [0.4, 0.5) is 0 Å². The van der Waals surface area contributed by atoms with Crippen LogP contribution in [0.5, 0.6) is 0 Å². The molecule has 9 aromatic rings. The lowest BCUT2D eigenvalue weighted by atomic mass is 9.94. The van der Waals surface area contributed by atoms with E-state index in [0.717, 1.165) is 33.8 Å². The Morgan fingerprint density at radius 1 is 0.476 bits per heavy atom. The van der Waals surface area contributed by atoms with Gasteiger partial charge in [-0.2, -0.15) is 0 Å². The molecule has 4 nitrogen and oxygen atoms in total. The first kappa shape index (κ1) is 23.0. The zero-order valence-corrected chi connectivity index (χ0v) is 22.6. The van der Waals surface area contributed by atoms with Crippen molar-refractivity contribution in [2.75, 3.05) is 0 Å². The molecule has 0 aliphatic rings. The van der Waals surface area contributed by atoms with Crippen LogP contribution >= 0.6 is 0 Å². The van der Waals surface area contributed by atoms with Gasteiger partial charge in [-0.1, -0.05) is 84.9 Å². The van der Waals surface area contributed by atoms with Gasteiger partial charge in [-0.25, -0.2) is 4.98 Å². The molecule has 0 unspecified atom stereocenters. The normalized spacial score (nSPS) is 11.8. The minimum atomic E-state index is 0.944. The van der Waals surface area contributed by atoms with E-state index in [1.165, 1.54) is 43.7 Å². The van der Waals surface area contributed by atoms with Gasteiger partial charge in [0, 0.05) is 28.2 Å². The molecule has 196 valence electrons. The Bertz CT molecular complexity index is 2380. The van der Waals surface area contributed by atoms with Gasteiger partial charge in [0.2, 0.25) is 0 Å². The van der Waals surface area contributed by atoms with Crippen molar-refractivity contribution in [3.05, 3.63) is 146 Å². The van der Waals surface area contributed by atoms with E-state index in [9.17, 15) is 0 Å². The average molecular weight is 537 g/mol. The summed E-state index contributed by atoms with van der Waals surface area (Å²) in [6.07, 6.45) is 3.76. The van der Waals surface area contributed by atoms with Crippen molar-refractivity contribution in [2.45, 2.75) is 0 Å². The lowest BCUT2D eigenvalue weighted by Gasteiger charge is -2.12. The van der Waals surface area contributed by atoms with Crippen molar-refractivity contribution in [1.82, 2.24) is 19.1 Å². The molecule has 0 aliphatic heterocycles. The van der Waals surface area contributed by atoms with Crippen molar-refractivity contribution >= 4 is 43.6 Å². The molecule has 0 atom stereocenters. The summed E-state index contributed by atoms with van der Waals surface area (Å²) in [7, 11) is 0. The van der Waals surface area contributed by atoms with Crippen molar-refractivity contribution < 1.29 is 0 Å². The number of rotatable bonds is 4. The summed E-state index contributed by atoms with van der Waals surface area (Å²) < 4.78 is 4.59. The SMILES string of the molecule is c1ccc(-c2nc3ccccc3n2-c2ccc(-c3ccc4c5c3ccc3cccc(c35)n4-c3cccnc3)cc2)cc1. The largest absolute Gasteiger partial charge is 0.308 e. The monoisotopic (exact) mass is 536 g/mol. The van der Waals surface area contributed by atoms with E-state index in [4.69, 9.17) is 4.98 Å². The van der Waals surface area contributed by atoms with Gasteiger partial charge < -0.3 is 4.57 Å². The Balaban J connectivity index is 1.23. The lowest BCUT2D eigenvalue weighted by molar-refractivity contribution is 1.10. The molecule has 4 heteroatoms. The molecule has 0 radical (unpaired) electrons. The number of benzene rings is 6. The molecule has 3 heterocycles. The van der Waals surface area contributed by atoms with Crippen molar-refractivity contribution in [1.29, 1.82) is 0 Å². The third kappa shape index (κ3) is 3.29. The second-order valence-electron chi connectivity index (χ2n) is 10.7. The lowest BCUT2D eigenvalue weighted by Crippen LogP contribution is -1.97. The van der Waals surface area contributed by atoms with Crippen LogP contribution in [0.25, 0.3) is 77.5 Å². The van der Waals surface area contributed by atoms with Gasteiger partial charge in [0.05, 0.1) is 34.0 Å². The maximum atomic E-state index is 5.01. The van der Waals surface area contributed by atoms with Crippen LogP contribution in [-0.4, -0.2) is 19.1 Å². The van der Waals surface area contributed by atoms with E-state index in [-0.39, 0.29) is 0 Å². The fraction of sp³-hybridized carbons (Fsp3) is 0. The average Bonchev–Trinajstić information content (AvgIpc) is 3.62. The molecule has 0 saturated carbocycles. The number of fused-ring (bicyclic) bond motifs is 1. The zero-order chi connectivity index (χ0) is 27.6. The molecule has 0 bridgehead atoms. The highest BCUT2D eigenvalue weighted by molar-refractivity contribution is 6.26. The van der Waals surface area contributed by atoms with E-state index < -0.39 is 0 Å². The van der Waals surface area contributed by atoms with Crippen molar-refractivity contribution in [3.8, 4) is 33.9 Å². The van der Waals surface area contributed by atoms with Crippen LogP contribution < -0.4 is 0 Å². The molecule has 6 aromatic carbocycles. The molecular formula is C38H24N4. The maximum Gasteiger partial charge on any atom is 0.145 e. The Morgan fingerprint density at radius 3 is 2.14 bits per heavy atom. The predicted octanol–water partition coefficient (Wildman–Crippen LogP) is 9.44. The molecule has 42 heavy (non-hydrogen) atoms. The first-order valence-electron chi connectivity index (χ1n) is 14.2. The Kier molecular flexibility index (Phi) is 4.87. The van der Waals surface area contributed by atoms with Gasteiger partial charge in [0.1, 0.15) is 5.82 Å². The second kappa shape index (κ2) is 8.88. The molecule has 0 fully saturated rings. The highest BCUT2D eigenvalue weighted by atomic mass is 15.1. The van der Waals surface area contributed by atoms with Gasteiger partial charge in [0.25, 0.3) is 0 Å². The molecule has 0 N–H and O–H groups in total. The first-order valence-corrected chi connectivity index (χ1v) is 14.2. The minimum absolute atomic E-state index is 0.944. The summed E-state index contributed by atoms with van der Waals surface area (Å²) in [4.78, 5) is 9.42. The number of para-hydroxylation sites is 2. The number of imidazole rings is 1. The van der Waals surface area contributed by atoms with Crippen LogP contribution in [0.1, 0.15) is 0 Å². The number of aromatic nitrogens is 4. The third-order valence-corrected chi connectivity index (χ3v) is 8.39. The molecular weight excluding hydrogens is 512 g/mol. The minimum Gasteiger partial charge on any atom is -0.308 e. The summed E-state index contributed by atoms with van der Waals surface area (Å²) in [5, 5.41) is 5.09. The Morgan fingerprint density at radius 2 is 1.29 bits per heavy atom. The van der Waals surface area contributed by atoms with Gasteiger partial charge in [-0.3, -0.25) is 9.55 Å². The van der Waals surface area contributed by atoms with E-state index in [2.05, 4.69) is 129 Å². The number of hydrogen-bond acceptors (Lipinski definition) is 2. The maximum absolute atomic E-state index is 5.01. The number of hydrogen-bond donors (Lipinski definition) is 0. The van der Waals surface area contributed by atoms with Gasteiger partial charge in [0.15, 0.2) is 0 Å². The Hall–Kier alpha value is -5.74. The van der Waals surface area contributed by atoms with E-state index in [1.54, 1.807) is 0 Å². The molecule has 0 aliphatic carbocycles. The molecule has 0 amide bonds. The van der Waals surface area contributed by atoms with Crippen LogP contribution in [0.2, 0.25) is 0 Å². The predicted molar refractivity (Wildman–Crippen MR) is 173 cm³/mol. The molecule has 0 spiro atoms. The first-order chi connectivity index (χ1) is 20.8. The summed E-state index contributed by atoms with van der Waals surface area (Å²) in [6, 6.07) is 47.4. The number of pyridine rings is 1. The topological polar surface area (TPSA) is 35.6 Å². The quantitative estimate of drug-likeness (QED) is 0.210. The third-order valence-electron chi connectivity index (χ3n) is 8.39. The second-order valence-corrected chi connectivity index (χ2v) is 10.7. The molecule has 9 rings (SSSR count). The fourth-order valence-electron chi connectivity index (χ4n) is 6.56. The highest BCUT2D eigenvalue weighted by Gasteiger charge is 2.19. The summed E-state index contributed by atoms with van der Waals surface area (Å²) in [6.45, 7) is 0. The smallest absolute Gasteiger partial charge is 0.145 e. The standard InChI is InChI=1S/C38H24N4/c1-2-8-27(9-3-1)38-40-32-12-4-5-13-33(32)42(38)28-18-15-25(16-19-28)30-21-22-35-37-31(30)20-17-26-10-6-14-34(36(26)37)41(35)29-11-7-23-39-24-29/h1-24H. The highest BCUT2D eigenvalue weighted by Crippen LogP contribution is 2.42. The zero-order valence-electron chi connectivity index (χ0n) is 22.6. The summed E-state index contributed by atoms with van der Waals surface area (Å²) >= 11 is 0.